The number of nitrogens with zero attached hydrogens (tertiary/aromatic N) is 1. The van der Waals surface area contributed by atoms with Crippen LogP contribution in [0.4, 0.5) is 10.1 Å². The van der Waals surface area contributed by atoms with Gasteiger partial charge in [-0.1, -0.05) is 31.2 Å². The van der Waals surface area contributed by atoms with Gasteiger partial charge < -0.3 is 9.52 Å². The van der Waals surface area contributed by atoms with Gasteiger partial charge in [0.2, 0.25) is 0 Å². The fourth-order valence-corrected chi connectivity index (χ4v) is 3.62. The van der Waals surface area contributed by atoms with Gasteiger partial charge in [0.05, 0.1) is 5.57 Å². The molecule has 30 heavy (non-hydrogen) atoms. The number of aryl methyl sites for hydroxylation is 2. The molecule has 4 rings (SSSR count). The predicted octanol–water partition coefficient (Wildman–Crippen LogP) is 4.92. The Kier molecular flexibility index (Phi) is 4.99. The van der Waals surface area contributed by atoms with Crippen LogP contribution in [-0.4, -0.2) is 16.8 Å². The molecule has 1 saturated heterocycles. The second-order valence-electron chi connectivity index (χ2n) is 7.14. The number of rotatable bonds is 4. The summed E-state index contributed by atoms with van der Waals surface area (Å²) in [6, 6.07) is 14.8. The Labute approximate surface area is 173 Å². The molecule has 1 unspecified atom stereocenters. The molecule has 1 N–H and O–H groups in total. The molecule has 1 amide bonds. The fraction of sp³-hybridized carbons (Fsp3) is 0.167. The van der Waals surface area contributed by atoms with E-state index in [-0.39, 0.29) is 11.3 Å². The van der Waals surface area contributed by atoms with Gasteiger partial charge in [0.25, 0.3) is 11.7 Å². The Bertz CT molecular complexity index is 1140. The zero-order chi connectivity index (χ0) is 21.4. The van der Waals surface area contributed by atoms with Crippen molar-refractivity contribution in [2.75, 3.05) is 4.90 Å². The van der Waals surface area contributed by atoms with Crippen molar-refractivity contribution in [3.8, 4) is 0 Å². The van der Waals surface area contributed by atoms with E-state index < -0.39 is 23.5 Å². The SMILES string of the molecule is CCc1ccc(/C(O)=C2/C(=O)C(=O)N(c3ccc(F)cc3)C2c2ccc(C)o2)cc1. The number of carbonyl (C=O) groups excluding carboxylic acids is 2. The molecule has 1 aliphatic heterocycles. The third-order valence-corrected chi connectivity index (χ3v) is 5.22. The van der Waals surface area contributed by atoms with Gasteiger partial charge in [-0.05, 0) is 55.3 Å². The van der Waals surface area contributed by atoms with Crippen molar-refractivity contribution in [2.45, 2.75) is 26.3 Å². The van der Waals surface area contributed by atoms with Gasteiger partial charge >= 0.3 is 0 Å². The van der Waals surface area contributed by atoms with E-state index in [4.69, 9.17) is 4.42 Å². The summed E-state index contributed by atoms with van der Waals surface area (Å²) in [6.07, 6.45) is 0.835. The number of benzene rings is 2. The Hall–Kier alpha value is -3.67. The largest absolute Gasteiger partial charge is 0.507 e. The first kappa shape index (κ1) is 19.6. The minimum atomic E-state index is -0.963. The van der Waals surface area contributed by atoms with E-state index in [0.29, 0.717) is 22.8 Å². The minimum absolute atomic E-state index is 0.0667. The van der Waals surface area contributed by atoms with Crippen LogP contribution in [0.1, 0.15) is 35.6 Å². The van der Waals surface area contributed by atoms with Gasteiger partial charge in [0.1, 0.15) is 29.1 Å². The number of halogens is 1. The molecule has 0 radical (unpaired) electrons. The summed E-state index contributed by atoms with van der Waals surface area (Å²) in [4.78, 5) is 27.1. The summed E-state index contributed by atoms with van der Waals surface area (Å²) in [6.45, 7) is 3.76. The highest BCUT2D eigenvalue weighted by Crippen LogP contribution is 2.42. The second kappa shape index (κ2) is 7.63. The zero-order valence-electron chi connectivity index (χ0n) is 16.6. The summed E-state index contributed by atoms with van der Waals surface area (Å²) in [7, 11) is 0. The Morgan fingerprint density at radius 3 is 2.27 bits per heavy atom. The monoisotopic (exact) mass is 405 g/mol. The summed E-state index contributed by atoms with van der Waals surface area (Å²) >= 11 is 0. The third-order valence-electron chi connectivity index (χ3n) is 5.22. The number of hydrogen-bond donors (Lipinski definition) is 1. The third kappa shape index (κ3) is 3.30. The fourth-order valence-electron chi connectivity index (χ4n) is 3.62. The molecule has 1 atom stereocenters. The van der Waals surface area contributed by atoms with E-state index in [1.165, 1.54) is 29.2 Å². The molecule has 1 aromatic heterocycles. The average Bonchev–Trinajstić information content (AvgIpc) is 3.29. The van der Waals surface area contributed by atoms with E-state index in [2.05, 4.69) is 0 Å². The van der Waals surface area contributed by atoms with Gasteiger partial charge in [0, 0.05) is 11.3 Å². The lowest BCUT2D eigenvalue weighted by Crippen LogP contribution is -2.29. The molecule has 3 aromatic rings. The normalized spacial score (nSPS) is 18.2. The van der Waals surface area contributed by atoms with E-state index in [0.717, 1.165) is 12.0 Å². The van der Waals surface area contributed by atoms with Gasteiger partial charge in [-0.15, -0.1) is 0 Å². The Balaban J connectivity index is 1.90. The number of ketones is 1. The average molecular weight is 405 g/mol. The van der Waals surface area contributed by atoms with Crippen LogP contribution in [0.25, 0.3) is 5.76 Å². The lowest BCUT2D eigenvalue weighted by molar-refractivity contribution is -0.132. The summed E-state index contributed by atoms with van der Waals surface area (Å²) in [5.41, 5.74) is 1.77. The van der Waals surface area contributed by atoms with E-state index in [1.54, 1.807) is 31.2 Å². The van der Waals surface area contributed by atoms with Gasteiger partial charge in [-0.3, -0.25) is 14.5 Å². The number of furan rings is 1. The Morgan fingerprint density at radius 1 is 1.03 bits per heavy atom. The molecule has 1 aliphatic rings. The van der Waals surface area contributed by atoms with Crippen LogP contribution in [-0.2, 0) is 16.0 Å². The first-order valence-corrected chi connectivity index (χ1v) is 9.63. The van der Waals surface area contributed by atoms with Crippen LogP contribution < -0.4 is 4.90 Å². The van der Waals surface area contributed by atoms with Crippen LogP contribution in [0.15, 0.2) is 70.7 Å². The molecule has 0 bridgehead atoms. The van der Waals surface area contributed by atoms with Crippen molar-refractivity contribution in [1.82, 2.24) is 0 Å². The predicted molar refractivity (Wildman–Crippen MR) is 110 cm³/mol. The number of anilines is 1. The molecule has 0 spiro atoms. The first-order valence-electron chi connectivity index (χ1n) is 9.63. The quantitative estimate of drug-likeness (QED) is 0.380. The van der Waals surface area contributed by atoms with Crippen LogP contribution in [0.5, 0.6) is 0 Å². The van der Waals surface area contributed by atoms with Gasteiger partial charge in [-0.2, -0.15) is 0 Å². The highest BCUT2D eigenvalue weighted by atomic mass is 19.1. The van der Waals surface area contributed by atoms with Crippen LogP contribution >= 0.6 is 0 Å². The molecule has 2 heterocycles. The number of aliphatic hydroxyl groups is 1. The maximum Gasteiger partial charge on any atom is 0.300 e. The van der Waals surface area contributed by atoms with Crippen LogP contribution in [0, 0.1) is 12.7 Å². The number of amides is 1. The number of hydrogen-bond acceptors (Lipinski definition) is 4. The van der Waals surface area contributed by atoms with Crippen LogP contribution in [0.3, 0.4) is 0 Å². The topological polar surface area (TPSA) is 70.8 Å². The number of aliphatic hydroxyl groups excluding tert-OH is 1. The van der Waals surface area contributed by atoms with Gasteiger partial charge in [-0.25, -0.2) is 4.39 Å². The second-order valence-corrected chi connectivity index (χ2v) is 7.14. The van der Waals surface area contributed by atoms with Gasteiger partial charge in [0.15, 0.2) is 0 Å². The van der Waals surface area contributed by atoms with Crippen molar-refractivity contribution in [1.29, 1.82) is 0 Å². The standard InChI is InChI=1S/C24H20FNO4/c1-3-15-5-7-16(8-6-15)22(27)20-21(19-13-4-14(2)30-19)26(24(29)23(20)28)18-11-9-17(25)10-12-18/h4-13,21,27H,3H2,1-2H3/b22-20-. The van der Waals surface area contributed by atoms with Crippen molar-refractivity contribution in [2.24, 2.45) is 0 Å². The lowest BCUT2D eigenvalue weighted by atomic mass is 9.98. The molecule has 1 fully saturated rings. The van der Waals surface area contributed by atoms with Crippen molar-refractivity contribution in [3.05, 3.63) is 94.7 Å². The highest BCUT2D eigenvalue weighted by Gasteiger charge is 2.48. The minimum Gasteiger partial charge on any atom is -0.507 e. The Morgan fingerprint density at radius 2 is 1.70 bits per heavy atom. The lowest BCUT2D eigenvalue weighted by Gasteiger charge is -2.23. The maximum absolute atomic E-state index is 13.4. The molecule has 6 heteroatoms. The molecule has 2 aromatic carbocycles. The van der Waals surface area contributed by atoms with Crippen molar-refractivity contribution in [3.63, 3.8) is 0 Å². The first-order chi connectivity index (χ1) is 14.4. The van der Waals surface area contributed by atoms with Crippen molar-refractivity contribution >= 4 is 23.1 Å². The smallest absolute Gasteiger partial charge is 0.300 e. The molecule has 0 saturated carbocycles. The molecular formula is C24H20FNO4. The molecule has 152 valence electrons. The molecular weight excluding hydrogens is 385 g/mol. The summed E-state index contributed by atoms with van der Waals surface area (Å²) in [5, 5.41) is 11.0. The zero-order valence-corrected chi connectivity index (χ0v) is 16.6. The highest BCUT2D eigenvalue weighted by molar-refractivity contribution is 6.51. The van der Waals surface area contributed by atoms with Crippen molar-refractivity contribution < 1.29 is 23.5 Å². The number of Topliss-reactive ketones (excluding diaryl/α,β-unsaturated/α-hetero) is 1. The summed E-state index contributed by atoms with van der Waals surface area (Å²) in [5.74, 6) is -1.44. The number of carbonyl (C=O) groups is 2. The summed E-state index contributed by atoms with van der Waals surface area (Å²) < 4.78 is 19.1. The van der Waals surface area contributed by atoms with E-state index in [9.17, 15) is 19.1 Å². The maximum atomic E-state index is 13.4. The van der Waals surface area contributed by atoms with E-state index in [1.807, 2.05) is 19.1 Å². The van der Waals surface area contributed by atoms with Crippen LogP contribution in [0.2, 0.25) is 0 Å². The molecule has 5 nitrogen and oxygen atoms in total. The van der Waals surface area contributed by atoms with E-state index >= 15 is 0 Å². The molecule has 0 aliphatic carbocycles.